The fourth-order valence-corrected chi connectivity index (χ4v) is 3.61. The van der Waals surface area contributed by atoms with Gasteiger partial charge in [0.15, 0.2) is 0 Å². The number of aliphatic hydroxyl groups is 3. The molecule has 0 aromatic rings. The zero-order valence-corrected chi connectivity index (χ0v) is 17.5. The highest BCUT2D eigenvalue weighted by atomic mass is 35.5. The third kappa shape index (κ3) is 6.09. The van der Waals surface area contributed by atoms with E-state index in [9.17, 15) is 20.1 Å². The maximum absolute atomic E-state index is 13.3. The standard InChI is InChI=1S/C17H31ClN2O5S.ClH/c1-4-9-5-6-19-10(7-9)16(24)20-11(8(2)18)15-13(22)12(21)14(23)17(25-15)26-3;/h8-15,17,19,21-23H,4-7H2,1-3H3,(H,20,24);1H/t8?,9-,10+,11?,12-,13-,14+,15?,17-;/m1./s1/i5D2,6D2,7D2,9D,10D;. The highest BCUT2D eigenvalue weighted by Gasteiger charge is 2.48. The summed E-state index contributed by atoms with van der Waals surface area (Å²) in [6, 6.07) is -4.55. The van der Waals surface area contributed by atoms with Crippen LogP contribution in [0.4, 0.5) is 0 Å². The van der Waals surface area contributed by atoms with Crippen molar-refractivity contribution >= 4 is 41.7 Å². The summed E-state index contributed by atoms with van der Waals surface area (Å²) in [5, 5.41) is 33.8. The van der Waals surface area contributed by atoms with Crippen molar-refractivity contribution in [1.82, 2.24) is 10.6 Å². The lowest BCUT2D eigenvalue weighted by Gasteiger charge is -2.44. The summed E-state index contributed by atoms with van der Waals surface area (Å²) in [4.78, 5) is 13.3. The number of carbonyl (C=O) groups excluding carboxylic acids is 1. The number of halogens is 2. The first-order chi connectivity index (χ1) is 15.3. The fraction of sp³-hybridized carbons (Fsp3) is 0.941. The smallest absolute Gasteiger partial charge is 0.237 e. The number of hydrogen-bond donors (Lipinski definition) is 5. The first-order valence-electron chi connectivity index (χ1n) is 12.2. The minimum atomic E-state index is -3.25. The second-order valence-corrected chi connectivity index (χ2v) is 7.68. The summed E-state index contributed by atoms with van der Waals surface area (Å²) in [5.41, 5.74) is -1.01. The van der Waals surface area contributed by atoms with Gasteiger partial charge in [0.1, 0.15) is 29.9 Å². The number of rotatable bonds is 6. The summed E-state index contributed by atoms with van der Waals surface area (Å²) in [5.74, 6) is -4.32. The molecule has 0 bridgehead atoms. The molecule has 160 valence electrons. The van der Waals surface area contributed by atoms with E-state index in [1.54, 1.807) is 6.26 Å². The van der Waals surface area contributed by atoms with Crippen LogP contribution in [0.15, 0.2) is 0 Å². The molecule has 3 unspecified atom stereocenters. The van der Waals surface area contributed by atoms with E-state index in [2.05, 4.69) is 5.32 Å². The SMILES string of the molecule is Cl.[2H]C1([2H])N[C@]([2H])(C(=O)NC(C(C)Cl)C2O[C@H](SC)[C@@H](O)[C@H](O)[C@H]2O)C([2H])([2H])[C@]([2H])(CC)C1([2H])[2H]. The number of alkyl halides is 1. The molecule has 2 aliphatic heterocycles. The Balaban J connectivity index is 0.00000612. The van der Waals surface area contributed by atoms with Crippen molar-refractivity contribution in [3.8, 4) is 0 Å². The Bertz CT molecular complexity index is 789. The molecule has 2 aliphatic rings. The molecule has 2 fully saturated rings. The fourth-order valence-electron chi connectivity index (χ4n) is 2.72. The Morgan fingerprint density at radius 3 is 2.67 bits per heavy atom. The summed E-state index contributed by atoms with van der Waals surface area (Å²) < 4.78 is 71.8. The van der Waals surface area contributed by atoms with E-state index in [0.717, 1.165) is 11.8 Å². The Hall–Kier alpha value is 0.200. The molecule has 0 aromatic carbocycles. The molecule has 2 heterocycles. The molecule has 5 N–H and O–H groups in total. The lowest BCUT2D eigenvalue weighted by molar-refractivity contribution is -0.205. The molecule has 2 saturated heterocycles. The van der Waals surface area contributed by atoms with E-state index in [1.165, 1.54) is 13.8 Å². The largest absolute Gasteiger partial charge is 0.388 e. The number of thioether (sulfide) groups is 1. The van der Waals surface area contributed by atoms with Crippen LogP contribution in [0.25, 0.3) is 0 Å². The summed E-state index contributed by atoms with van der Waals surface area (Å²) in [6.45, 7) is -0.498. The number of hydrogen-bond acceptors (Lipinski definition) is 7. The zero-order chi connectivity index (χ0) is 26.7. The van der Waals surface area contributed by atoms with Gasteiger partial charge < -0.3 is 30.7 Å². The van der Waals surface area contributed by atoms with Crippen molar-refractivity contribution in [2.75, 3.05) is 12.8 Å². The second kappa shape index (κ2) is 11.4. The topological polar surface area (TPSA) is 111 Å². The average Bonchev–Trinajstić information content (AvgIpc) is 2.73. The number of amides is 1. The number of aliphatic hydroxyl groups excluding tert-OH is 3. The number of piperidine rings is 1. The van der Waals surface area contributed by atoms with E-state index in [4.69, 9.17) is 27.3 Å². The van der Waals surface area contributed by atoms with Gasteiger partial charge in [-0.15, -0.1) is 35.8 Å². The van der Waals surface area contributed by atoms with Crippen LogP contribution in [0, 0.1) is 5.89 Å². The monoisotopic (exact) mass is 454 g/mol. The van der Waals surface area contributed by atoms with Crippen molar-refractivity contribution < 1.29 is 35.8 Å². The summed E-state index contributed by atoms with van der Waals surface area (Å²) in [7, 11) is 0. The Morgan fingerprint density at radius 1 is 1.44 bits per heavy atom. The Labute approximate surface area is 187 Å². The van der Waals surface area contributed by atoms with Gasteiger partial charge in [-0.05, 0) is 38.3 Å². The van der Waals surface area contributed by atoms with Crippen LogP contribution in [0.5, 0.6) is 0 Å². The summed E-state index contributed by atoms with van der Waals surface area (Å²) in [6.07, 6.45) is -11.6. The lowest BCUT2D eigenvalue weighted by atomic mass is 9.89. The van der Waals surface area contributed by atoms with Gasteiger partial charge in [-0.3, -0.25) is 4.79 Å². The van der Waals surface area contributed by atoms with Crippen molar-refractivity contribution in [3.63, 3.8) is 0 Å². The highest BCUT2D eigenvalue weighted by molar-refractivity contribution is 7.99. The van der Waals surface area contributed by atoms with Gasteiger partial charge in [0.2, 0.25) is 5.91 Å². The lowest BCUT2D eigenvalue weighted by Crippen LogP contribution is -2.65. The molecule has 0 aliphatic carbocycles. The number of carbonyl (C=O) groups is 1. The highest BCUT2D eigenvalue weighted by Crippen LogP contribution is 2.30. The third-order valence-corrected chi connectivity index (χ3v) is 5.37. The molecule has 0 saturated carbocycles. The van der Waals surface area contributed by atoms with Gasteiger partial charge in [0, 0.05) is 9.60 Å². The molecule has 27 heavy (non-hydrogen) atoms. The van der Waals surface area contributed by atoms with Gasteiger partial charge in [-0.1, -0.05) is 13.3 Å². The molecule has 9 atom stereocenters. The first kappa shape index (κ1) is 15.1. The molecular formula is C17H32Cl2N2O5S. The molecular weight excluding hydrogens is 415 g/mol. The van der Waals surface area contributed by atoms with Gasteiger partial charge in [0.25, 0.3) is 0 Å². The second-order valence-electron chi connectivity index (χ2n) is 6.06. The molecule has 0 aromatic heterocycles. The van der Waals surface area contributed by atoms with Gasteiger partial charge in [-0.2, -0.15) is 0 Å². The van der Waals surface area contributed by atoms with Crippen LogP contribution in [-0.4, -0.2) is 81.3 Å². The molecule has 1 amide bonds. The Morgan fingerprint density at radius 2 is 2.11 bits per heavy atom. The van der Waals surface area contributed by atoms with Crippen molar-refractivity contribution in [2.45, 2.75) is 80.3 Å². The minimum Gasteiger partial charge on any atom is -0.388 e. The molecule has 0 radical (unpaired) electrons. The van der Waals surface area contributed by atoms with Crippen LogP contribution < -0.4 is 10.6 Å². The number of ether oxygens (including phenoxy) is 1. The number of nitrogens with one attached hydrogen (secondary N) is 2. The van der Waals surface area contributed by atoms with Crippen molar-refractivity contribution in [2.24, 2.45) is 5.89 Å². The quantitative estimate of drug-likeness (QED) is 0.370. The zero-order valence-electron chi connectivity index (χ0n) is 23.1. The van der Waals surface area contributed by atoms with E-state index in [-0.39, 0.29) is 12.4 Å². The van der Waals surface area contributed by atoms with Gasteiger partial charge in [0.05, 0.1) is 18.8 Å². The maximum atomic E-state index is 13.3. The predicted octanol–water partition coefficient (Wildman–Crippen LogP) is 0.469. The van der Waals surface area contributed by atoms with Crippen LogP contribution >= 0.6 is 35.8 Å². The first-order valence-corrected chi connectivity index (χ1v) is 9.96. The molecule has 0 spiro atoms. The van der Waals surface area contributed by atoms with E-state index >= 15 is 0 Å². The molecule has 7 nitrogen and oxygen atoms in total. The Kier molecular flexibility index (Phi) is 6.36. The normalized spacial score (nSPS) is 54.6. The average molecular weight is 455 g/mol. The predicted molar refractivity (Wildman–Crippen MR) is 109 cm³/mol. The van der Waals surface area contributed by atoms with E-state index < -0.39 is 84.8 Å². The third-order valence-electron chi connectivity index (χ3n) is 4.24. The molecule has 2 rings (SSSR count). The van der Waals surface area contributed by atoms with Crippen LogP contribution in [0.2, 0.25) is 0 Å². The van der Waals surface area contributed by atoms with E-state index in [1.807, 2.05) is 5.32 Å². The van der Waals surface area contributed by atoms with E-state index in [0.29, 0.717) is 0 Å². The van der Waals surface area contributed by atoms with Gasteiger partial charge >= 0.3 is 0 Å². The van der Waals surface area contributed by atoms with Crippen LogP contribution in [0.3, 0.4) is 0 Å². The minimum absolute atomic E-state index is 0. The van der Waals surface area contributed by atoms with Gasteiger partial charge in [-0.25, -0.2) is 0 Å². The van der Waals surface area contributed by atoms with Crippen molar-refractivity contribution in [1.29, 1.82) is 0 Å². The molecule has 10 heteroatoms. The summed E-state index contributed by atoms with van der Waals surface area (Å²) >= 11 is 7.21. The maximum Gasteiger partial charge on any atom is 0.237 e. The van der Waals surface area contributed by atoms with Crippen LogP contribution in [0.1, 0.15) is 44.0 Å². The van der Waals surface area contributed by atoms with Crippen molar-refractivity contribution in [3.05, 3.63) is 0 Å². The van der Waals surface area contributed by atoms with Crippen LogP contribution in [-0.2, 0) is 9.53 Å².